The molecule has 27 heavy (non-hydrogen) atoms. The van der Waals surface area contributed by atoms with Crippen LogP contribution in [0.3, 0.4) is 0 Å². The molecular formula is C21H20N2O3S. The number of rotatable bonds is 5. The van der Waals surface area contributed by atoms with Gasteiger partial charge in [0.15, 0.2) is 0 Å². The highest BCUT2D eigenvalue weighted by molar-refractivity contribution is 7.16. The lowest BCUT2D eigenvalue weighted by Gasteiger charge is -2.19. The summed E-state index contributed by atoms with van der Waals surface area (Å²) in [7, 11) is 0. The molecule has 0 amide bonds. The van der Waals surface area contributed by atoms with Gasteiger partial charge < -0.3 is 20.5 Å². The zero-order chi connectivity index (χ0) is 19.0. The van der Waals surface area contributed by atoms with Crippen LogP contribution in [0.4, 0.5) is 0 Å². The van der Waals surface area contributed by atoms with Crippen molar-refractivity contribution in [1.29, 1.82) is 0 Å². The third-order valence-corrected chi connectivity index (χ3v) is 5.77. The SMILES string of the molecule is C[C@@H](NC[C@H](O)c1ccc(O)c2[nH]c(=O)sc12)c1ccc2ccccc2c1. The molecule has 3 aromatic carbocycles. The number of thiazole rings is 1. The van der Waals surface area contributed by atoms with Gasteiger partial charge in [0.25, 0.3) is 0 Å². The first-order valence-corrected chi connectivity index (χ1v) is 9.59. The van der Waals surface area contributed by atoms with Gasteiger partial charge >= 0.3 is 4.87 Å². The van der Waals surface area contributed by atoms with E-state index in [0.717, 1.165) is 16.9 Å². The van der Waals surface area contributed by atoms with Gasteiger partial charge in [0.1, 0.15) is 11.3 Å². The van der Waals surface area contributed by atoms with Crippen LogP contribution in [0.5, 0.6) is 5.75 Å². The van der Waals surface area contributed by atoms with E-state index in [-0.39, 0.29) is 16.7 Å². The Morgan fingerprint density at radius 1 is 1.11 bits per heavy atom. The van der Waals surface area contributed by atoms with Crippen LogP contribution in [-0.2, 0) is 0 Å². The number of aliphatic hydroxyl groups is 1. The van der Waals surface area contributed by atoms with Gasteiger partial charge in [0, 0.05) is 18.2 Å². The van der Waals surface area contributed by atoms with Crippen molar-refractivity contribution in [2.24, 2.45) is 0 Å². The fourth-order valence-corrected chi connectivity index (χ4v) is 4.21. The molecule has 0 aliphatic rings. The Labute approximate surface area is 159 Å². The number of hydrogen-bond donors (Lipinski definition) is 4. The number of hydrogen-bond acceptors (Lipinski definition) is 5. The zero-order valence-electron chi connectivity index (χ0n) is 14.8. The third-order valence-electron chi connectivity index (χ3n) is 4.84. The summed E-state index contributed by atoms with van der Waals surface area (Å²) in [5, 5.41) is 26.2. The summed E-state index contributed by atoms with van der Waals surface area (Å²) in [6.45, 7) is 2.39. The molecule has 4 rings (SSSR count). The van der Waals surface area contributed by atoms with Crippen LogP contribution < -0.4 is 10.2 Å². The van der Waals surface area contributed by atoms with Crippen molar-refractivity contribution < 1.29 is 10.2 Å². The van der Waals surface area contributed by atoms with Gasteiger partial charge in [-0.05, 0) is 35.4 Å². The second-order valence-corrected chi connectivity index (χ2v) is 7.63. The van der Waals surface area contributed by atoms with E-state index in [1.54, 1.807) is 6.07 Å². The number of aliphatic hydroxyl groups excluding tert-OH is 1. The number of aromatic nitrogens is 1. The molecule has 6 heteroatoms. The molecule has 0 aliphatic heterocycles. The maximum absolute atomic E-state index is 11.6. The van der Waals surface area contributed by atoms with Crippen LogP contribution in [-0.4, -0.2) is 21.7 Å². The van der Waals surface area contributed by atoms with Crippen LogP contribution in [0.1, 0.15) is 30.2 Å². The average molecular weight is 380 g/mol. The van der Waals surface area contributed by atoms with E-state index in [4.69, 9.17) is 0 Å². The zero-order valence-corrected chi connectivity index (χ0v) is 15.6. The van der Waals surface area contributed by atoms with E-state index in [2.05, 4.69) is 47.6 Å². The summed E-state index contributed by atoms with van der Waals surface area (Å²) < 4.78 is 0.590. The normalized spacial score (nSPS) is 13.9. The van der Waals surface area contributed by atoms with E-state index in [9.17, 15) is 15.0 Å². The number of benzene rings is 3. The minimum absolute atomic E-state index is 0.0109. The van der Waals surface area contributed by atoms with Crippen molar-refractivity contribution in [2.75, 3.05) is 6.54 Å². The van der Waals surface area contributed by atoms with Crippen LogP contribution in [0.15, 0.2) is 59.4 Å². The van der Waals surface area contributed by atoms with Crippen LogP contribution in [0.25, 0.3) is 21.0 Å². The molecule has 2 atom stereocenters. The first kappa shape index (κ1) is 17.7. The standard InChI is InChI=1S/C21H20N2O3S/c1-12(14-7-6-13-4-2-3-5-15(13)10-14)22-11-18(25)16-8-9-17(24)19-20(16)27-21(26)23-19/h2-10,12,18,22,24-25H,11H2,1H3,(H,23,26)/t12-,18+/m1/s1. The maximum Gasteiger partial charge on any atom is 0.305 e. The van der Waals surface area contributed by atoms with Gasteiger partial charge in [0.2, 0.25) is 0 Å². The summed E-state index contributed by atoms with van der Waals surface area (Å²) >= 11 is 0.994. The molecule has 0 fully saturated rings. The smallest absolute Gasteiger partial charge is 0.305 e. The van der Waals surface area contributed by atoms with Crippen molar-refractivity contribution >= 4 is 32.3 Å². The molecule has 0 radical (unpaired) electrons. The van der Waals surface area contributed by atoms with Gasteiger partial charge in [-0.2, -0.15) is 0 Å². The summed E-state index contributed by atoms with van der Waals surface area (Å²) in [5.41, 5.74) is 2.15. The van der Waals surface area contributed by atoms with E-state index >= 15 is 0 Å². The number of phenols is 1. The minimum atomic E-state index is -0.789. The highest BCUT2D eigenvalue weighted by atomic mass is 32.1. The van der Waals surface area contributed by atoms with E-state index < -0.39 is 6.10 Å². The molecule has 0 saturated heterocycles. The summed E-state index contributed by atoms with van der Waals surface area (Å²) in [4.78, 5) is 14.0. The summed E-state index contributed by atoms with van der Waals surface area (Å²) in [6, 6.07) is 17.8. The number of nitrogens with one attached hydrogen (secondary N) is 2. The lowest BCUT2D eigenvalue weighted by Crippen LogP contribution is -2.24. The fourth-order valence-electron chi connectivity index (χ4n) is 3.30. The lowest BCUT2D eigenvalue weighted by atomic mass is 10.0. The average Bonchev–Trinajstić information content (AvgIpc) is 3.08. The predicted molar refractivity (Wildman–Crippen MR) is 109 cm³/mol. The summed E-state index contributed by atoms with van der Waals surface area (Å²) in [6.07, 6.45) is -0.789. The second kappa shape index (κ2) is 7.15. The number of H-pyrrole nitrogens is 1. The van der Waals surface area contributed by atoms with Crippen molar-refractivity contribution in [2.45, 2.75) is 19.1 Å². The van der Waals surface area contributed by atoms with Crippen molar-refractivity contribution in [1.82, 2.24) is 10.3 Å². The lowest BCUT2D eigenvalue weighted by molar-refractivity contribution is 0.172. The number of aromatic amines is 1. The molecule has 4 aromatic rings. The number of phenolic OH excluding ortho intramolecular Hbond substituents is 1. The number of fused-ring (bicyclic) bond motifs is 2. The molecule has 1 aromatic heterocycles. The monoisotopic (exact) mass is 380 g/mol. The van der Waals surface area contributed by atoms with Crippen LogP contribution in [0.2, 0.25) is 0 Å². The molecule has 5 nitrogen and oxygen atoms in total. The Hall–Kier alpha value is -2.67. The van der Waals surface area contributed by atoms with E-state index in [1.807, 2.05) is 12.1 Å². The van der Waals surface area contributed by atoms with Gasteiger partial charge in [-0.15, -0.1) is 0 Å². The van der Waals surface area contributed by atoms with Crippen LogP contribution >= 0.6 is 11.3 Å². The minimum Gasteiger partial charge on any atom is -0.506 e. The molecule has 4 N–H and O–H groups in total. The molecule has 138 valence electrons. The Morgan fingerprint density at radius 3 is 2.70 bits per heavy atom. The maximum atomic E-state index is 11.6. The topological polar surface area (TPSA) is 85.3 Å². The van der Waals surface area contributed by atoms with Gasteiger partial charge in [-0.25, -0.2) is 0 Å². The molecule has 0 aliphatic carbocycles. The molecule has 0 spiro atoms. The Kier molecular flexibility index (Phi) is 4.70. The molecule has 0 unspecified atom stereocenters. The molecule has 0 saturated carbocycles. The molecular weight excluding hydrogens is 360 g/mol. The molecule has 1 heterocycles. The largest absolute Gasteiger partial charge is 0.506 e. The van der Waals surface area contributed by atoms with Crippen LogP contribution in [0, 0.1) is 0 Å². The first-order chi connectivity index (χ1) is 13.0. The quantitative estimate of drug-likeness (QED) is 0.424. The summed E-state index contributed by atoms with van der Waals surface area (Å²) in [5.74, 6) is 0.0109. The Balaban J connectivity index is 1.52. The second-order valence-electron chi connectivity index (χ2n) is 6.64. The highest BCUT2D eigenvalue weighted by Gasteiger charge is 2.17. The van der Waals surface area contributed by atoms with Gasteiger partial charge in [-0.1, -0.05) is 53.8 Å². The van der Waals surface area contributed by atoms with Crippen molar-refractivity contribution in [3.63, 3.8) is 0 Å². The Morgan fingerprint density at radius 2 is 1.89 bits per heavy atom. The predicted octanol–water partition coefficient (Wildman–Crippen LogP) is 3.83. The van der Waals surface area contributed by atoms with E-state index in [1.165, 1.54) is 16.8 Å². The van der Waals surface area contributed by atoms with E-state index in [0.29, 0.717) is 22.3 Å². The van der Waals surface area contributed by atoms with Crippen molar-refractivity contribution in [3.05, 3.63) is 75.4 Å². The first-order valence-electron chi connectivity index (χ1n) is 8.78. The number of aromatic hydroxyl groups is 1. The highest BCUT2D eigenvalue weighted by Crippen LogP contribution is 2.31. The van der Waals surface area contributed by atoms with Gasteiger partial charge in [0.05, 0.1) is 10.8 Å². The van der Waals surface area contributed by atoms with Gasteiger partial charge in [-0.3, -0.25) is 4.79 Å². The van der Waals surface area contributed by atoms with Crippen molar-refractivity contribution in [3.8, 4) is 5.75 Å². The Bertz CT molecular complexity index is 1160. The molecule has 0 bridgehead atoms. The fraction of sp³-hybridized carbons (Fsp3) is 0.190. The third kappa shape index (κ3) is 3.47.